The maximum absolute atomic E-state index is 14.4. The number of nitrogens with one attached hydrogen (secondary N) is 1. The van der Waals surface area contributed by atoms with E-state index in [4.69, 9.17) is 28.7 Å². The highest BCUT2D eigenvalue weighted by Crippen LogP contribution is 2.40. The van der Waals surface area contributed by atoms with Gasteiger partial charge in [-0.2, -0.15) is 0 Å². The number of carbonyl (C=O) groups is 3. The third-order valence-corrected chi connectivity index (χ3v) is 14.2. The van der Waals surface area contributed by atoms with E-state index in [2.05, 4.69) is 22.6 Å². The van der Waals surface area contributed by atoms with Gasteiger partial charge in [0, 0.05) is 38.2 Å². The number of carbonyl (C=O) groups excluding carboxylic acids is 3. The standard InChI is InChI=1S/C44H67N7O9S/c1-12-34-44(8)37(51(42(55)60-44)20-16-15-19-50-24-31(47-48-50)39-46-30-17-13-14-18-33(30)61-39)29(6)45-23-25(2)22-43(7,56-11)38(27(4)35(52)28(5)40(54)58-34)59-41-36(53)32(49(9)10)21-26(3)57-41/h13-14,17-18,24-29,32,34,36-38,41,45,53H,12,15-16,19-23H2,1-11H3/t25-,26-,27+,28-,29-,32?,34-,36-,37-,38-,41+,43-,44-/m1/s1. The van der Waals surface area contributed by atoms with Crippen LogP contribution < -0.4 is 5.32 Å². The van der Waals surface area contributed by atoms with Gasteiger partial charge in [-0.25, -0.2) is 9.78 Å². The quantitative estimate of drug-likeness (QED) is 0.144. The van der Waals surface area contributed by atoms with Gasteiger partial charge in [0.15, 0.2) is 17.7 Å². The van der Waals surface area contributed by atoms with Gasteiger partial charge in [-0.15, -0.1) is 16.4 Å². The van der Waals surface area contributed by atoms with E-state index in [1.165, 1.54) is 0 Å². The molecule has 1 aromatic carbocycles. The Balaban J connectivity index is 1.21. The highest BCUT2D eigenvalue weighted by atomic mass is 32.1. The predicted molar refractivity (Wildman–Crippen MR) is 231 cm³/mol. The summed E-state index contributed by atoms with van der Waals surface area (Å²) < 4.78 is 34.5. The molecule has 1 unspecified atom stereocenters. The van der Waals surface area contributed by atoms with Crippen molar-refractivity contribution >= 4 is 39.4 Å². The van der Waals surface area contributed by atoms with Crippen molar-refractivity contribution < 1.29 is 43.2 Å². The Morgan fingerprint density at radius 1 is 1.07 bits per heavy atom. The first-order valence-electron chi connectivity index (χ1n) is 21.8. The second kappa shape index (κ2) is 19.4. The zero-order valence-electron chi connectivity index (χ0n) is 37.7. The van der Waals surface area contributed by atoms with E-state index in [-0.39, 0.29) is 24.1 Å². The summed E-state index contributed by atoms with van der Waals surface area (Å²) in [6, 6.07) is 6.94. The molecule has 0 aliphatic carbocycles. The van der Waals surface area contributed by atoms with Crippen molar-refractivity contribution in [3.8, 4) is 10.7 Å². The summed E-state index contributed by atoms with van der Waals surface area (Å²) in [4.78, 5) is 50.7. The van der Waals surface area contributed by atoms with E-state index in [1.54, 1.807) is 41.9 Å². The number of esters is 1. The fraction of sp³-hybridized carbons (Fsp3) is 0.727. The number of Topliss-reactive ketones (excluding diaryl/α,β-unsaturated/α-hetero) is 1. The van der Waals surface area contributed by atoms with Gasteiger partial charge < -0.3 is 39.0 Å². The van der Waals surface area contributed by atoms with Gasteiger partial charge in [0.2, 0.25) is 0 Å². The minimum atomic E-state index is -1.23. The lowest BCUT2D eigenvalue weighted by atomic mass is 9.78. The van der Waals surface area contributed by atoms with Crippen LogP contribution in [0.4, 0.5) is 4.79 Å². The summed E-state index contributed by atoms with van der Waals surface area (Å²) in [5, 5.41) is 24.7. The largest absolute Gasteiger partial charge is 0.458 e. The van der Waals surface area contributed by atoms with Crippen molar-refractivity contribution in [3.63, 3.8) is 0 Å². The van der Waals surface area contributed by atoms with Crippen molar-refractivity contribution in [1.29, 1.82) is 0 Å². The number of fused-ring (bicyclic) bond motifs is 2. The normalized spacial score (nSPS) is 35.8. The van der Waals surface area contributed by atoms with Gasteiger partial charge in [0.1, 0.15) is 28.8 Å². The maximum Gasteiger partial charge on any atom is 0.410 e. The van der Waals surface area contributed by atoms with Crippen LogP contribution in [-0.4, -0.2) is 147 Å². The molecule has 0 spiro atoms. The number of nitrogens with zero attached hydrogens (tertiary/aromatic N) is 6. The Morgan fingerprint density at radius 2 is 1.79 bits per heavy atom. The van der Waals surface area contributed by atoms with Gasteiger partial charge >= 0.3 is 12.1 Å². The Bertz CT molecular complexity index is 1950. The molecule has 0 saturated carbocycles. The van der Waals surface area contributed by atoms with E-state index in [0.29, 0.717) is 51.0 Å². The molecule has 3 aliphatic rings. The predicted octanol–water partition coefficient (Wildman–Crippen LogP) is 5.31. The first kappa shape index (κ1) is 46.9. The van der Waals surface area contributed by atoms with E-state index < -0.39 is 71.5 Å². The molecule has 338 valence electrons. The van der Waals surface area contributed by atoms with Crippen molar-refractivity contribution in [1.82, 2.24) is 35.1 Å². The number of aliphatic hydroxyl groups is 1. The number of amides is 1. The van der Waals surface area contributed by atoms with Crippen LogP contribution in [0.1, 0.15) is 87.5 Å². The van der Waals surface area contributed by atoms with Gasteiger partial charge in [-0.3, -0.25) is 19.2 Å². The first-order valence-corrected chi connectivity index (χ1v) is 22.7. The Labute approximate surface area is 363 Å². The van der Waals surface area contributed by atoms with E-state index in [0.717, 1.165) is 21.6 Å². The number of aromatic nitrogens is 4. The topological polar surface area (TPSA) is 180 Å². The number of aryl methyl sites for hydroxylation is 1. The SMILES string of the molecule is CC[C@H]1OC(=O)[C@H](C)C(=O)[C@H](C)[C@@H](O[C@@H]2O[C@H](C)CC(N(C)C)[C@H]2O)[C@](C)(OC)C[C@@H](C)CN[C@H](C)[C@H]2N(CCCCn3cc(-c4nc5ccccc5s4)nn3)C(=O)O[C@]12C. The van der Waals surface area contributed by atoms with Crippen molar-refractivity contribution in [2.45, 2.75) is 154 Å². The lowest BCUT2D eigenvalue weighted by molar-refractivity contribution is -0.295. The molecular weight excluding hydrogens is 803 g/mol. The van der Waals surface area contributed by atoms with Crippen LogP contribution in [0.25, 0.3) is 20.9 Å². The molecular formula is C44H67N7O9S. The molecule has 2 aromatic heterocycles. The molecule has 3 aliphatic heterocycles. The van der Waals surface area contributed by atoms with Crippen LogP contribution in [-0.2, 0) is 39.8 Å². The number of hydrogen-bond donors (Lipinski definition) is 2. The summed E-state index contributed by atoms with van der Waals surface area (Å²) in [5.41, 5.74) is -0.630. The summed E-state index contributed by atoms with van der Waals surface area (Å²) in [6.45, 7) is 16.5. The summed E-state index contributed by atoms with van der Waals surface area (Å²) in [6.07, 6.45) is 0.226. The van der Waals surface area contributed by atoms with Crippen molar-refractivity contribution in [2.75, 3.05) is 34.3 Å². The lowest BCUT2D eigenvalue weighted by Crippen LogP contribution is -2.61. The maximum atomic E-state index is 14.4. The number of likely N-dealkylation sites (N-methyl/N-ethyl adjacent to an activating group) is 1. The number of hydrogen-bond acceptors (Lipinski definition) is 15. The van der Waals surface area contributed by atoms with Gasteiger partial charge in [-0.1, -0.05) is 38.1 Å². The third kappa shape index (κ3) is 9.98. The van der Waals surface area contributed by atoms with Crippen LogP contribution in [0.3, 0.4) is 0 Å². The molecule has 3 aromatic rings. The smallest absolute Gasteiger partial charge is 0.410 e. The number of ketones is 1. The molecule has 0 bridgehead atoms. The monoisotopic (exact) mass is 869 g/mol. The number of para-hydroxylation sites is 1. The average molecular weight is 870 g/mol. The minimum Gasteiger partial charge on any atom is -0.458 e. The van der Waals surface area contributed by atoms with E-state index in [1.807, 2.05) is 84.1 Å². The zero-order valence-corrected chi connectivity index (χ0v) is 38.5. The number of unbranched alkanes of at least 4 members (excludes halogenated alkanes) is 1. The number of benzene rings is 1. The second-order valence-corrected chi connectivity index (χ2v) is 19.2. The van der Waals surface area contributed by atoms with Crippen LogP contribution in [0.5, 0.6) is 0 Å². The first-order chi connectivity index (χ1) is 28.9. The van der Waals surface area contributed by atoms with Crippen LogP contribution >= 0.6 is 11.3 Å². The lowest BCUT2D eigenvalue weighted by Gasteiger charge is -2.46. The minimum absolute atomic E-state index is 0.0121. The Morgan fingerprint density at radius 3 is 2.48 bits per heavy atom. The second-order valence-electron chi connectivity index (χ2n) is 18.1. The molecule has 1 amide bonds. The summed E-state index contributed by atoms with van der Waals surface area (Å²) in [7, 11) is 5.40. The van der Waals surface area contributed by atoms with Gasteiger partial charge in [0.25, 0.3) is 0 Å². The van der Waals surface area contributed by atoms with Gasteiger partial charge in [-0.05, 0) is 105 Å². The number of ether oxygens (including phenoxy) is 5. The van der Waals surface area contributed by atoms with Crippen LogP contribution in [0.2, 0.25) is 0 Å². The van der Waals surface area contributed by atoms with Gasteiger partial charge in [0.05, 0.1) is 40.3 Å². The highest BCUT2D eigenvalue weighted by Gasteiger charge is 2.58. The number of rotatable bonds is 11. The Kier molecular flexibility index (Phi) is 14.9. The Hall–Kier alpha value is -3.58. The fourth-order valence-electron chi connectivity index (χ4n) is 9.70. The number of cyclic esters (lactones) is 1. The van der Waals surface area contributed by atoms with Crippen molar-refractivity contribution in [3.05, 3.63) is 30.5 Å². The average Bonchev–Trinajstić information content (AvgIpc) is 3.95. The number of thiazole rings is 1. The van der Waals surface area contributed by atoms with E-state index in [9.17, 15) is 19.5 Å². The molecule has 6 rings (SSSR count). The molecule has 61 heavy (non-hydrogen) atoms. The third-order valence-electron chi connectivity index (χ3n) is 13.1. The van der Waals surface area contributed by atoms with Crippen LogP contribution in [0, 0.1) is 17.8 Å². The molecule has 17 heteroatoms. The summed E-state index contributed by atoms with van der Waals surface area (Å²) >= 11 is 1.58. The highest BCUT2D eigenvalue weighted by molar-refractivity contribution is 7.21. The zero-order chi connectivity index (χ0) is 44.4. The molecule has 5 heterocycles. The van der Waals surface area contributed by atoms with Crippen LogP contribution in [0.15, 0.2) is 30.5 Å². The van der Waals surface area contributed by atoms with E-state index >= 15 is 0 Å². The molecule has 13 atom stereocenters. The number of aliphatic hydroxyl groups excluding tert-OH is 1. The summed E-state index contributed by atoms with van der Waals surface area (Å²) in [5.74, 6) is -3.16. The molecule has 16 nitrogen and oxygen atoms in total. The molecule has 2 N–H and O–H groups in total. The van der Waals surface area contributed by atoms with Crippen molar-refractivity contribution in [2.24, 2.45) is 17.8 Å². The molecule has 0 radical (unpaired) electrons. The fourth-order valence-corrected chi connectivity index (χ4v) is 10.6. The molecule has 3 fully saturated rings. The molecule has 3 saturated heterocycles. The number of methoxy groups -OCH3 is 1.